The van der Waals surface area contributed by atoms with E-state index in [0.29, 0.717) is 0 Å². The SMILES string of the molecule is Cc1cnncc1CO. The number of hydrogen-bond acceptors (Lipinski definition) is 3. The Morgan fingerprint density at radius 2 is 2.11 bits per heavy atom. The standard InChI is InChI=1S/C6H8N2O/c1-5-2-7-8-3-6(5)4-9/h2-3,9H,4H2,1H3. The highest BCUT2D eigenvalue weighted by Crippen LogP contribution is 2.00. The lowest BCUT2D eigenvalue weighted by molar-refractivity contribution is 0.280. The second kappa shape index (κ2) is 2.55. The maximum absolute atomic E-state index is 8.65. The molecule has 1 N–H and O–H groups in total. The summed E-state index contributed by atoms with van der Waals surface area (Å²) in [5, 5.41) is 15.9. The molecular weight excluding hydrogens is 116 g/mol. The van der Waals surface area contributed by atoms with E-state index < -0.39 is 0 Å². The molecule has 1 aromatic rings. The molecule has 0 unspecified atom stereocenters. The Kier molecular flexibility index (Phi) is 1.75. The number of hydrogen-bond donors (Lipinski definition) is 1. The maximum atomic E-state index is 8.65. The molecule has 48 valence electrons. The van der Waals surface area contributed by atoms with Gasteiger partial charge in [0.2, 0.25) is 0 Å². The van der Waals surface area contributed by atoms with Crippen molar-refractivity contribution in [3.05, 3.63) is 23.5 Å². The molecule has 1 heterocycles. The lowest BCUT2D eigenvalue weighted by Crippen LogP contribution is -1.91. The highest BCUT2D eigenvalue weighted by Gasteiger charge is 1.92. The van der Waals surface area contributed by atoms with Crippen LogP contribution in [0.2, 0.25) is 0 Å². The van der Waals surface area contributed by atoms with Crippen molar-refractivity contribution in [3.8, 4) is 0 Å². The van der Waals surface area contributed by atoms with E-state index in [1.165, 1.54) is 0 Å². The van der Waals surface area contributed by atoms with Gasteiger partial charge in [0.05, 0.1) is 19.0 Å². The Balaban J connectivity index is 3.01. The number of aliphatic hydroxyl groups is 1. The van der Waals surface area contributed by atoms with Crippen LogP contribution in [0.1, 0.15) is 11.1 Å². The third-order valence-electron chi connectivity index (χ3n) is 1.21. The van der Waals surface area contributed by atoms with Gasteiger partial charge in [-0.3, -0.25) is 0 Å². The minimum atomic E-state index is 0.0430. The second-order valence-corrected chi connectivity index (χ2v) is 1.86. The predicted octanol–water partition coefficient (Wildman–Crippen LogP) is 0.277. The van der Waals surface area contributed by atoms with E-state index in [-0.39, 0.29) is 6.61 Å². The first-order valence-electron chi connectivity index (χ1n) is 2.71. The van der Waals surface area contributed by atoms with Crippen molar-refractivity contribution in [3.63, 3.8) is 0 Å². The van der Waals surface area contributed by atoms with Gasteiger partial charge in [0.25, 0.3) is 0 Å². The predicted molar refractivity (Wildman–Crippen MR) is 32.7 cm³/mol. The van der Waals surface area contributed by atoms with Crippen LogP contribution >= 0.6 is 0 Å². The molecule has 0 aromatic carbocycles. The van der Waals surface area contributed by atoms with Crippen molar-refractivity contribution in [1.82, 2.24) is 10.2 Å². The highest BCUT2D eigenvalue weighted by atomic mass is 16.3. The van der Waals surface area contributed by atoms with Crippen LogP contribution in [0.4, 0.5) is 0 Å². The smallest absolute Gasteiger partial charge is 0.0700 e. The average Bonchev–Trinajstić information content (AvgIpc) is 1.89. The Bertz CT molecular complexity index is 200. The van der Waals surface area contributed by atoms with Gasteiger partial charge in [-0.25, -0.2) is 0 Å². The van der Waals surface area contributed by atoms with Crippen LogP contribution in [0.3, 0.4) is 0 Å². The molecule has 0 radical (unpaired) electrons. The third-order valence-corrected chi connectivity index (χ3v) is 1.21. The van der Waals surface area contributed by atoms with Gasteiger partial charge >= 0.3 is 0 Å². The summed E-state index contributed by atoms with van der Waals surface area (Å²) < 4.78 is 0. The monoisotopic (exact) mass is 124 g/mol. The van der Waals surface area contributed by atoms with Gasteiger partial charge < -0.3 is 5.11 Å². The van der Waals surface area contributed by atoms with E-state index in [4.69, 9.17) is 5.11 Å². The average molecular weight is 124 g/mol. The van der Waals surface area contributed by atoms with Gasteiger partial charge in [-0.1, -0.05) is 0 Å². The molecule has 0 aliphatic rings. The molecule has 3 nitrogen and oxygen atoms in total. The Hall–Kier alpha value is -0.960. The molecule has 0 amide bonds. The van der Waals surface area contributed by atoms with Crippen molar-refractivity contribution >= 4 is 0 Å². The van der Waals surface area contributed by atoms with Gasteiger partial charge in [0.1, 0.15) is 0 Å². The number of aromatic nitrogens is 2. The Labute approximate surface area is 53.4 Å². The molecule has 0 saturated carbocycles. The minimum Gasteiger partial charge on any atom is -0.392 e. The first-order valence-corrected chi connectivity index (χ1v) is 2.71. The molecule has 1 aromatic heterocycles. The molecule has 0 fully saturated rings. The lowest BCUT2D eigenvalue weighted by Gasteiger charge is -1.95. The van der Waals surface area contributed by atoms with Crippen LogP contribution in [-0.2, 0) is 6.61 Å². The first kappa shape index (κ1) is 6.16. The minimum absolute atomic E-state index is 0.0430. The lowest BCUT2D eigenvalue weighted by atomic mass is 10.2. The van der Waals surface area contributed by atoms with Crippen molar-refractivity contribution in [2.45, 2.75) is 13.5 Å². The van der Waals surface area contributed by atoms with Crippen LogP contribution in [-0.4, -0.2) is 15.3 Å². The van der Waals surface area contributed by atoms with E-state index in [9.17, 15) is 0 Å². The third kappa shape index (κ3) is 1.23. The normalized spacial score (nSPS) is 9.56. The first-order chi connectivity index (χ1) is 4.34. The molecule has 1 rings (SSSR count). The van der Waals surface area contributed by atoms with Gasteiger partial charge in [-0.15, -0.1) is 0 Å². The van der Waals surface area contributed by atoms with Gasteiger partial charge in [-0.05, 0) is 12.5 Å². The largest absolute Gasteiger partial charge is 0.392 e. The topological polar surface area (TPSA) is 46.0 Å². The number of aryl methyl sites for hydroxylation is 1. The van der Waals surface area contributed by atoms with E-state index >= 15 is 0 Å². The van der Waals surface area contributed by atoms with Gasteiger partial charge in [0, 0.05) is 5.56 Å². The maximum Gasteiger partial charge on any atom is 0.0700 e. The number of aliphatic hydroxyl groups excluding tert-OH is 1. The zero-order valence-corrected chi connectivity index (χ0v) is 5.20. The van der Waals surface area contributed by atoms with Crippen molar-refractivity contribution in [1.29, 1.82) is 0 Å². The Morgan fingerprint density at radius 1 is 1.44 bits per heavy atom. The van der Waals surface area contributed by atoms with Gasteiger partial charge in [0.15, 0.2) is 0 Å². The molecule has 0 spiro atoms. The molecule has 9 heavy (non-hydrogen) atoms. The van der Waals surface area contributed by atoms with Crippen LogP contribution < -0.4 is 0 Å². The summed E-state index contributed by atoms with van der Waals surface area (Å²) in [4.78, 5) is 0. The van der Waals surface area contributed by atoms with Crippen LogP contribution in [0, 0.1) is 6.92 Å². The van der Waals surface area contributed by atoms with E-state index in [1.54, 1.807) is 12.4 Å². The van der Waals surface area contributed by atoms with E-state index in [1.807, 2.05) is 6.92 Å². The summed E-state index contributed by atoms with van der Waals surface area (Å²) in [6.07, 6.45) is 3.20. The molecule has 0 atom stereocenters. The Morgan fingerprint density at radius 3 is 2.56 bits per heavy atom. The quantitative estimate of drug-likeness (QED) is 0.584. The van der Waals surface area contributed by atoms with Crippen molar-refractivity contribution in [2.24, 2.45) is 0 Å². The number of nitrogens with zero attached hydrogens (tertiary/aromatic N) is 2. The summed E-state index contributed by atoms with van der Waals surface area (Å²) in [5.74, 6) is 0. The van der Waals surface area contributed by atoms with Crippen LogP contribution in [0.5, 0.6) is 0 Å². The van der Waals surface area contributed by atoms with E-state index in [0.717, 1.165) is 11.1 Å². The fraction of sp³-hybridized carbons (Fsp3) is 0.333. The molecular formula is C6H8N2O. The summed E-state index contributed by atoms with van der Waals surface area (Å²) in [5.41, 5.74) is 1.82. The van der Waals surface area contributed by atoms with E-state index in [2.05, 4.69) is 10.2 Å². The molecule has 3 heteroatoms. The molecule has 0 bridgehead atoms. The molecule has 0 saturated heterocycles. The zero-order valence-electron chi connectivity index (χ0n) is 5.20. The summed E-state index contributed by atoms with van der Waals surface area (Å²) in [6, 6.07) is 0. The van der Waals surface area contributed by atoms with Crippen molar-refractivity contribution < 1.29 is 5.11 Å². The molecule has 0 aliphatic heterocycles. The summed E-state index contributed by atoms with van der Waals surface area (Å²) >= 11 is 0. The fourth-order valence-electron chi connectivity index (χ4n) is 0.573. The van der Waals surface area contributed by atoms with Crippen LogP contribution in [0.15, 0.2) is 12.4 Å². The summed E-state index contributed by atoms with van der Waals surface area (Å²) in [6.45, 7) is 1.93. The second-order valence-electron chi connectivity index (χ2n) is 1.86. The highest BCUT2D eigenvalue weighted by molar-refractivity contribution is 5.16. The van der Waals surface area contributed by atoms with Crippen molar-refractivity contribution in [2.75, 3.05) is 0 Å². The zero-order chi connectivity index (χ0) is 6.69. The van der Waals surface area contributed by atoms with Crippen LogP contribution in [0.25, 0.3) is 0 Å². The molecule has 0 aliphatic carbocycles. The number of rotatable bonds is 1. The fourth-order valence-corrected chi connectivity index (χ4v) is 0.573. The van der Waals surface area contributed by atoms with Gasteiger partial charge in [-0.2, -0.15) is 10.2 Å². The summed E-state index contributed by atoms with van der Waals surface area (Å²) in [7, 11) is 0.